The topological polar surface area (TPSA) is 50.7 Å². The fourth-order valence-corrected chi connectivity index (χ4v) is 2.08. The molecule has 0 saturated heterocycles. The average Bonchev–Trinajstić information content (AvgIpc) is 2.56. The Labute approximate surface area is 145 Å². The Balaban J connectivity index is 1.79. The minimum absolute atomic E-state index is 0.107. The Morgan fingerprint density at radius 1 is 1.17 bits per heavy atom. The molecule has 0 aromatic heterocycles. The number of halogens is 2. The number of hydrogen-bond acceptors (Lipinski definition) is 3. The lowest BCUT2D eigenvalue weighted by Crippen LogP contribution is -2.24. The van der Waals surface area contributed by atoms with Crippen LogP contribution in [0.25, 0.3) is 0 Å². The minimum Gasteiger partial charge on any atom is -0.484 e. The lowest BCUT2D eigenvalue weighted by Gasteiger charge is -2.05. The van der Waals surface area contributed by atoms with Gasteiger partial charge in [0.05, 0.1) is 16.3 Å². The molecular formula is C17H16Cl2N2O2. The van der Waals surface area contributed by atoms with E-state index in [1.165, 1.54) is 11.8 Å². The van der Waals surface area contributed by atoms with Gasteiger partial charge in [0.2, 0.25) is 0 Å². The van der Waals surface area contributed by atoms with E-state index in [4.69, 9.17) is 27.9 Å². The number of rotatable bonds is 6. The Bertz CT molecular complexity index is 700. The number of carbonyl (C=O) groups is 1. The molecule has 0 fully saturated rings. The zero-order valence-corrected chi connectivity index (χ0v) is 14.1. The maximum absolute atomic E-state index is 11.7. The van der Waals surface area contributed by atoms with E-state index in [-0.39, 0.29) is 12.5 Å². The molecule has 0 bridgehead atoms. The van der Waals surface area contributed by atoms with E-state index < -0.39 is 0 Å². The number of nitrogens with one attached hydrogen (secondary N) is 1. The van der Waals surface area contributed by atoms with E-state index in [1.54, 1.807) is 18.2 Å². The molecule has 1 N–H and O–H groups in total. The maximum atomic E-state index is 11.7. The number of nitrogens with zero attached hydrogens (tertiary/aromatic N) is 1. The number of carbonyl (C=O) groups excluding carboxylic acids is 1. The second-order valence-electron chi connectivity index (χ2n) is 4.75. The number of aryl methyl sites for hydroxylation is 1. The number of hydrogen-bond donors (Lipinski definition) is 1. The summed E-state index contributed by atoms with van der Waals surface area (Å²) in [6, 6.07) is 12.7. The summed E-state index contributed by atoms with van der Waals surface area (Å²) in [5.74, 6) is 0.298. The van der Waals surface area contributed by atoms with Gasteiger partial charge in [-0.25, -0.2) is 5.43 Å². The van der Waals surface area contributed by atoms with Gasteiger partial charge in [0.1, 0.15) is 5.75 Å². The predicted molar refractivity (Wildman–Crippen MR) is 93.5 cm³/mol. The lowest BCUT2D eigenvalue weighted by molar-refractivity contribution is -0.123. The summed E-state index contributed by atoms with van der Waals surface area (Å²) in [6.07, 6.45) is 2.44. The second-order valence-corrected chi connectivity index (χ2v) is 5.57. The van der Waals surface area contributed by atoms with Crippen molar-refractivity contribution < 1.29 is 9.53 Å². The van der Waals surface area contributed by atoms with Crippen LogP contribution in [0.3, 0.4) is 0 Å². The normalized spacial score (nSPS) is 10.7. The highest BCUT2D eigenvalue weighted by Gasteiger charge is 2.02. The SMILES string of the molecule is CCc1ccc(OCC(=O)N/N=C/c2ccc(Cl)c(Cl)c2)cc1. The fourth-order valence-electron chi connectivity index (χ4n) is 1.77. The Morgan fingerprint density at radius 2 is 1.91 bits per heavy atom. The minimum atomic E-state index is -0.346. The summed E-state index contributed by atoms with van der Waals surface area (Å²) >= 11 is 11.7. The molecule has 4 nitrogen and oxygen atoms in total. The van der Waals surface area contributed by atoms with Crippen molar-refractivity contribution in [3.63, 3.8) is 0 Å². The van der Waals surface area contributed by atoms with Crippen LogP contribution in [0, 0.1) is 0 Å². The van der Waals surface area contributed by atoms with Crippen molar-refractivity contribution in [2.45, 2.75) is 13.3 Å². The highest BCUT2D eigenvalue weighted by atomic mass is 35.5. The van der Waals surface area contributed by atoms with Crippen molar-refractivity contribution >= 4 is 35.3 Å². The smallest absolute Gasteiger partial charge is 0.277 e. The van der Waals surface area contributed by atoms with Gasteiger partial charge in [-0.15, -0.1) is 0 Å². The molecule has 1 amide bonds. The third kappa shape index (κ3) is 5.58. The predicted octanol–water partition coefficient (Wildman–Crippen LogP) is 4.08. The van der Waals surface area contributed by atoms with Crippen molar-refractivity contribution in [2.24, 2.45) is 5.10 Å². The van der Waals surface area contributed by atoms with Crippen molar-refractivity contribution in [2.75, 3.05) is 6.61 Å². The molecule has 2 aromatic rings. The lowest BCUT2D eigenvalue weighted by atomic mass is 10.2. The quantitative estimate of drug-likeness (QED) is 0.630. The first-order valence-electron chi connectivity index (χ1n) is 7.07. The number of hydrazone groups is 1. The van der Waals surface area contributed by atoms with Crippen LogP contribution in [0.1, 0.15) is 18.1 Å². The molecule has 0 aliphatic heterocycles. The van der Waals surface area contributed by atoms with Crippen LogP contribution in [0.15, 0.2) is 47.6 Å². The fraction of sp³-hybridized carbons (Fsp3) is 0.176. The summed E-state index contributed by atoms with van der Waals surface area (Å²) in [5, 5.41) is 4.74. The monoisotopic (exact) mass is 350 g/mol. The molecule has 0 saturated carbocycles. The van der Waals surface area contributed by atoms with Crippen molar-refractivity contribution in [1.29, 1.82) is 0 Å². The molecule has 2 aromatic carbocycles. The molecule has 2 rings (SSSR count). The van der Waals surface area contributed by atoms with Gasteiger partial charge in [-0.3, -0.25) is 4.79 Å². The molecular weight excluding hydrogens is 335 g/mol. The van der Waals surface area contributed by atoms with Crippen molar-refractivity contribution in [1.82, 2.24) is 5.43 Å². The Kier molecular flexibility index (Phi) is 6.44. The van der Waals surface area contributed by atoms with Crippen molar-refractivity contribution in [3.8, 4) is 5.75 Å². The zero-order valence-electron chi connectivity index (χ0n) is 12.6. The summed E-state index contributed by atoms with van der Waals surface area (Å²) in [7, 11) is 0. The van der Waals surface area contributed by atoms with Gasteiger partial charge in [0, 0.05) is 0 Å². The zero-order chi connectivity index (χ0) is 16.7. The first-order chi connectivity index (χ1) is 11.1. The molecule has 0 unspecified atom stereocenters. The van der Waals surface area contributed by atoms with Gasteiger partial charge in [0.25, 0.3) is 5.91 Å². The summed E-state index contributed by atoms with van der Waals surface area (Å²) in [5.41, 5.74) is 4.34. The molecule has 0 aliphatic carbocycles. The summed E-state index contributed by atoms with van der Waals surface area (Å²) < 4.78 is 5.38. The highest BCUT2D eigenvalue weighted by molar-refractivity contribution is 6.42. The van der Waals surface area contributed by atoms with E-state index >= 15 is 0 Å². The van der Waals surface area contributed by atoms with Crippen LogP contribution in [-0.4, -0.2) is 18.7 Å². The molecule has 0 spiro atoms. The van der Waals surface area contributed by atoms with Gasteiger partial charge >= 0.3 is 0 Å². The highest BCUT2D eigenvalue weighted by Crippen LogP contribution is 2.21. The van der Waals surface area contributed by atoms with Crippen LogP contribution >= 0.6 is 23.2 Å². The average molecular weight is 351 g/mol. The standard InChI is InChI=1S/C17H16Cl2N2O2/c1-2-12-3-6-14(7-4-12)23-11-17(22)21-20-10-13-5-8-15(18)16(19)9-13/h3-10H,2,11H2,1H3,(H,21,22)/b20-10+. The molecule has 120 valence electrons. The third-order valence-corrected chi connectivity index (χ3v) is 3.79. The van der Waals surface area contributed by atoms with E-state index in [0.717, 1.165) is 12.0 Å². The second kappa shape index (κ2) is 8.56. The van der Waals surface area contributed by atoms with Crippen LogP contribution in [0.5, 0.6) is 5.75 Å². The Hall–Kier alpha value is -2.04. The first kappa shape index (κ1) is 17.3. The maximum Gasteiger partial charge on any atom is 0.277 e. The Morgan fingerprint density at radius 3 is 2.57 bits per heavy atom. The number of benzene rings is 2. The van der Waals surface area contributed by atoms with Crippen LogP contribution < -0.4 is 10.2 Å². The van der Waals surface area contributed by atoms with Crippen LogP contribution in [0.2, 0.25) is 10.0 Å². The molecule has 23 heavy (non-hydrogen) atoms. The third-order valence-electron chi connectivity index (χ3n) is 3.05. The van der Waals surface area contributed by atoms with Gasteiger partial charge in [-0.05, 0) is 41.8 Å². The number of ether oxygens (including phenoxy) is 1. The molecule has 0 heterocycles. The van der Waals surface area contributed by atoms with Gasteiger partial charge in [0.15, 0.2) is 6.61 Å². The summed E-state index contributed by atoms with van der Waals surface area (Å²) in [6.45, 7) is 1.97. The van der Waals surface area contributed by atoms with Crippen LogP contribution in [-0.2, 0) is 11.2 Å². The van der Waals surface area contributed by atoms with Crippen molar-refractivity contribution in [3.05, 3.63) is 63.6 Å². The van der Waals surface area contributed by atoms with E-state index in [1.807, 2.05) is 24.3 Å². The van der Waals surface area contributed by atoms with E-state index in [9.17, 15) is 4.79 Å². The molecule has 0 aliphatic rings. The molecule has 6 heteroatoms. The van der Waals surface area contributed by atoms with Gasteiger partial charge in [-0.2, -0.15) is 5.10 Å². The van der Waals surface area contributed by atoms with E-state index in [2.05, 4.69) is 17.5 Å². The van der Waals surface area contributed by atoms with Gasteiger partial charge < -0.3 is 4.74 Å². The van der Waals surface area contributed by atoms with E-state index in [0.29, 0.717) is 15.8 Å². The first-order valence-corrected chi connectivity index (χ1v) is 7.82. The number of amides is 1. The molecule has 0 atom stereocenters. The largest absolute Gasteiger partial charge is 0.484 e. The summed E-state index contributed by atoms with van der Waals surface area (Å²) in [4.78, 5) is 11.7. The van der Waals surface area contributed by atoms with Gasteiger partial charge in [-0.1, -0.05) is 48.3 Å². The van der Waals surface area contributed by atoms with Crippen LogP contribution in [0.4, 0.5) is 0 Å². The molecule has 0 radical (unpaired) electrons.